The van der Waals surface area contributed by atoms with Crippen LogP contribution in [0.3, 0.4) is 0 Å². The largest absolute Gasteiger partial charge is 0.340 e. The molecule has 2 saturated heterocycles. The van der Waals surface area contributed by atoms with Crippen LogP contribution in [-0.4, -0.2) is 64.4 Å². The topological polar surface area (TPSA) is 52.9 Å². The summed E-state index contributed by atoms with van der Waals surface area (Å²) in [6.45, 7) is 5.92. The Morgan fingerprint density at radius 1 is 1.21 bits per heavy atom. The molecule has 0 unspecified atom stereocenters. The van der Waals surface area contributed by atoms with Crippen molar-refractivity contribution in [1.29, 1.82) is 0 Å². The first-order valence-corrected chi connectivity index (χ1v) is 8.42. The van der Waals surface area contributed by atoms with Crippen molar-refractivity contribution in [3.63, 3.8) is 0 Å². The van der Waals surface area contributed by atoms with Crippen LogP contribution >= 0.6 is 24.0 Å². The highest BCUT2D eigenvalue weighted by atomic mass is 35.5. The molecule has 0 aliphatic carbocycles. The maximum atomic E-state index is 12.2. The number of halogens is 2. The van der Waals surface area contributed by atoms with E-state index in [2.05, 4.69) is 15.2 Å². The van der Waals surface area contributed by atoms with Crippen molar-refractivity contribution in [3.8, 4) is 0 Å². The molecule has 0 bridgehead atoms. The molecule has 2 aromatic heterocycles. The van der Waals surface area contributed by atoms with Crippen molar-refractivity contribution in [2.45, 2.75) is 6.54 Å². The monoisotopic (exact) mass is 369 g/mol. The van der Waals surface area contributed by atoms with Crippen molar-refractivity contribution in [3.05, 3.63) is 35.2 Å². The maximum Gasteiger partial charge on any atom is 0.228 e. The Morgan fingerprint density at radius 2 is 1.96 bits per heavy atom. The molecular formula is C16H21Cl2N5O. The zero-order chi connectivity index (χ0) is 15.8. The molecule has 6 nitrogen and oxygen atoms in total. The third-order valence-electron chi connectivity index (χ3n) is 4.67. The Morgan fingerprint density at radius 3 is 2.62 bits per heavy atom. The van der Waals surface area contributed by atoms with Gasteiger partial charge in [0, 0.05) is 58.2 Å². The van der Waals surface area contributed by atoms with E-state index in [1.807, 2.05) is 33.8 Å². The predicted molar refractivity (Wildman–Crippen MR) is 95.7 cm³/mol. The molecule has 1 N–H and O–H groups in total. The van der Waals surface area contributed by atoms with E-state index >= 15 is 0 Å². The van der Waals surface area contributed by atoms with Gasteiger partial charge in [0.25, 0.3) is 0 Å². The number of nitrogens with one attached hydrogen (secondary N) is 1. The number of amides is 1. The van der Waals surface area contributed by atoms with Gasteiger partial charge in [0.05, 0.1) is 16.6 Å². The minimum atomic E-state index is 0. The average molecular weight is 370 g/mol. The second-order valence-corrected chi connectivity index (χ2v) is 6.74. The zero-order valence-electron chi connectivity index (χ0n) is 13.3. The third kappa shape index (κ3) is 3.52. The predicted octanol–water partition coefficient (Wildman–Crippen LogP) is 1.27. The smallest absolute Gasteiger partial charge is 0.228 e. The third-order valence-corrected chi connectivity index (χ3v) is 4.89. The lowest BCUT2D eigenvalue weighted by Gasteiger charge is -2.38. The van der Waals surface area contributed by atoms with Gasteiger partial charge in [0.2, 0.25) is 5.91 Å². The fourth-order valence-electron chi connectivity index (χ4n) is 3.17. The first-order chi connectivity index (χ1) is 11.2. The van der Waals surface area contributed by atoms with Crippen molar-refractivity contribution in [1.82, 2.24) is 24.5 Å². The number of fused-ring (bicyclic) bond motifs is 1. The van der Waals surface area contributed by atoms with E-state index in [1.54, 1.807) is 0 Å². The summed E-state index contributed by atoms with van der Waals surface area (Å²) in [6.07, 6.45) is 3.90. The normalized spacial score (nSPS) is 19.1. The van der Waals surface area contributed by atoms with Gasteiger partial charge in [-0.05, 0) is 12.1 Å². The molecular weight excluding hydrogens is 349 g/mol. The van der Waals surface area contributed by atoms with Crippen LogP contribution in [0, 0.1) is 5.92 Å². The summed E-state index contributed by atoms with van der Waals surface area (Å²) in [5.41, 5.74) is 1.95. The number of hydrogen-bond donors (Lipinski definition) is 1. The minimum absolute atomic E-state index is 0. The second kappa shape index (κ2) is 7.27. The Balaban J connectivity index is 0.00000169. The summed E-state index contributed by atoms with van der Waals surface area (Å²) < 4.78 is 1.96. The molecule has 4 heterocycles. The SMILES string of the molecule is Cl.O=C(C1CNC1)N1CCN(Cc2cn3cc(Cl)ccc3n2)CC1. The highest BCUT2D eigenvalue weighted by Gasteiger charge is 2.31. The lowest BCUT2D eigenvalue weighted by Crippen LogP contribution is -2.56. The molecule has 24 heavy (non-hydrogen) atoms. The summed E-state index contributed by atoms with van der Waals surface area (Å²) in [5.74, 6) is 0.510. The molecule has 4 rings (SSSR count). The van der Waals surface area contributed by atoms with Crippen molar-refractivity contribution < 1.29 is 4.79 Å². The van der Waals surface area contributed by atoms with Crippen molar-refractivity contribution in [2.24, 2.45) is 5.92 Å². The van der Waals surface area contributed by atoms with Gasteiger partial charge in [-0.2, -0.15) is 0 Å². The molecule has 130 valence electrons. The van der Waals surface area contributed by atoms with E-state index in [9.17, 15) is 4.79 Å². The summed E-state index contributed by atoms with van der Waals surface area (Å²) in [5, 5.41) is 3.87. The van der Waals surface area contributed by atoms with Gasteiger partial charge in [-0.15, -0.1) is 12.4 Å². The Hall–Kier alpha value is -1.34. The average Bonchev–Trinajstić information content (AvgIpc) is 2.87. The Labute approximate surface area is 152 Å². The second-order valence-electron chi connectivity index (χ2n) is 6.30. The number of pyridine rings is 1. The molecule has 2 aromatic rings. The van der Waals surface area contributed by atoms with Gasteiger partial charge >= 0.3 is 0 Å². The van der Waals surface area contributed by atoms with Gasteiger partial charge in [-0.1, -0.05) is 11.6 Å². The zero-order valence-corrected chi connectivity index (χ0v) is 14.9. The van der Waals surface area contributed by atoms with Gasteiger partial charge in [-0.3, -0.25) is 9.69 Å². The lowest BCUT2D eigenvalue weighted by molar-refractivity contribution is -0.138. The number of piperazine rings is 1. The molecule has 0 atom stereocenters. The molecule has 0 aromatic carbocycles. The van der Waals surface area contributed by atoms with E-state index in [-0.39, 0.29) is 18.3 Å². The molecule has 0 radical (unpaired) electrons. The van der Waals surface area contributed by atoms with Gasteiger partial charge in [-0.25, -0.2) is 4.98 Å². The molecule has 2 aliphatic heterocycles. The maximum absolute atomic E-state index is 12.2. The highest BCUT2D eigenvalue weighted by Crippen LogP contribution is 2.15. The summed E-state index contributed by atoms with van der Waals surface area (Å²) >= 11 is 6.01. The number of carbonyl (C=O) groups excluding carboxylic acids is 1. The van der Waals surface area contributed by atoms with E-state index in [0.717, 1.165) is 57.2 Å². The van der Waals surface area contributed by atoms with Crippen LogP contribution in [-0.2, 0) is 11.3 Å². The van der Waals surface area contributed by atoms with Crippen LogP contribution in [0.4, 0.5) is 0 Å². The molecule has 2 fully saturated rings. The molecule has 2 aliphatic rings. The van der Waals surface area contributed by atoms with Crippen LogP contribution in [0.5, 0.6) is 0 Å². The summed E-state index contributed by atoms with van der Waals surface area (Å²) in [7, 11) is 0. The van der Waals surface area contributed by atoms with Gasteiger partial charge < -0.3 is 14.6 Å². The minimum Gasteiger partial charge on any atom is -0.340 e. The fraction of sp³-hybridized carbons (Fsp3) is 0.500. The van der Waals surface area contributed by atoms with E-state index in [1.165, 1.54) is 0 Å². The summed E-state index contributed by atoms with van der Waals surface area (Å²) in [6, 6.07) is 3.78. The van der Waals surface area contributed by atoms with Crippen LogP contribution in [0.25, 0.3) is 5.65 Å². The Kier molecular flexibility index (Phi) is 5.30. The van der Waals surface area contributed by atoms with E-state index in [0.29, 0.717) is 10.9 Å². The molecule has 8 heteroatoms. The lowest BCUT2D eigenvalue weighted by atomic mass is 10.0. The number of carbonyl (C=O) groups is 1. The Bertz CT molecular complexity index is 722. The number of nitrogens with zero attached hydrogens (tertiary/aromatic N) is 4. The summed E-state index contributed by atoms with van der Waals surface area (Å²) in [4.78, 5) is 21.2. The molecule has 0 saturated carbocycles. The van der Waals surface area contributed by atoms with Crippen LogP contribution in [0.1, 0.15) is 5.69 Å². The van der Waals surface area contributed by atoms with E-state index < -0.39 is 0 Å². The molecule has 0 spiro atoms. The van der Waals surface area contributed by atoms with Crippen molar-refractivity contribution >= 4 is 35.6 Å². The number of hydrogen-bond acceptors (Lipinski definition) is 4. The number of rotatable bonds is 3. The quantitative estimate of drug-likeness (QED) is 0.885. The van der Waals surface area contributed by atoms with Crippen LogP contribution in [0.15, 0.2) is 24.5 Å². The van der Waals surface area contributed by atoms with Crippen molar-refractivity contribution in [2.75, 3.05) is 39.3 Å². The first kappa shape index (κ1) is 17.5. The molecule has 1 amide bonds. The first-order valence-electron chi connectivity index (χ1n) is 8.04. The fourth-order valence-corrected chi connectivity index (χ4v) is 3.34. The van der Waals surface area contributed by atoms with E-state index in [4.69, 9.17) is 11.6 Å². The van der Waals surface area contributed by atoms with Crippen LogP contribution < -0.4 is 5.32 Å². The van der Waals surface area contributed by atoms with Gasteiger partial charge in [0.15, 0.2) is 0 Å². The number of aromatic nitrogens is 2. The van der Waals surface area contributed by atoms with Gasteiger partial charge in [0.1, 0.15) is 5.65 Å². The van der Waals surface area contributed by atoms with Crippen LogP contribution in [0.2, 0.25) is 5.02 Å². The number of imidazole rings is 1. The standard InChI is InChI=1S/C16H20ClN5O.ClH/c17-13-1-2-15-19-14(11-22(15)9-13)10-20-3-5-21(6-4-20)16(23)12-7-18-8-12;/h1-2,9,11-12,18H,3-8,10H2;1H. The highest BCUT2D eigenvalue weighted by molar-refractivity contribution is 6.30.